The normalized spacial score (nSPS) is 12.1. The SMILES string of the molecule is CC(C)(C)Nc1nc(Nc2cc(Cl)ccc2O)cc(C(F)(F)F)n1. The number of aromatic nitrogens is 2. The van der Waals surface area contributed by atoms with E-state index in [9.17, 15) is 18.3 Å². The third kappa shape index (κ3) is 4.89. The molecule has 0 spiro atoms. The zero-order valence-corrected chi connectivity index (χ0v) is 13.9. The number of halogens is 4. The Morgan fingerprint density at radius 2 is 1.75 bits per heavy atom. The van der Waals surface area contributed by atoms with Crippen molar-refractivity contribution in [3.05, 3.63) is 35.0 Å². The molecule has 1 aromatic carbocycles. The van der Waals surface area contributed by atoms with Gasteiger partial charge in [0, 0.05) is 16.6 Å². The summed E-state index contributed by atoms with van der Waals surface area (Å²) in [7, 11) is 0. The van der Waals surface area contributed by atoms with E-state index in [1.54, 1.807) is 20.8 Å². The average molecular weight is 361 g/mol. The number of alkyl halides is 3. The van der Waals surface area contributed by atoms with Crippen molar-refractivity contribution < 1.29 is 18.3 Å². The van der Waals surface area contributed by atoms with Crippen molar-refractivity contribution >= 4 is 29.1 Å². The second kappa shape index (κ2) is 6.35. The van der Waals surface area contributed by atoms with Gasteiger partial charge in [0.2, 0.25) is 5.95 Å². The number of hydrogen-bond donors (Lipinski definition) is 3. The van der Waals surface area contributed by atoms with Gasteiger partial charge in [-0.25, -0.2) is 4.98 Å². The van der Waals surface area contributed by atoms with E-state index in [1.807, 2.05) is 0 Å². The molecule has 130 valence electrons. The maximum absolute atomic E-state index is 13.0. The quantitative estimate of drug-likeness (QED) is 0.685. The first-order valence-corrected chi connectivity index (χ1v) is 7.32. The second-order valence-electron chi connectivity index (χ2n) is 6.12. The first-order valence-electron chi connectivity index (χ1n) is 6.94. The Hall–Kier alpha value is -2.22. The summed E-state index contributed by atoms with van der Waals surface area (Å²) in [5.41, 5.74) is -1.50. The summed E-state index contributed by atoms with van der Waals surface area (Å²) in [5, 5.41) is 15.5. The third-order valence-electron chi connectivity index (χ3n) is 2.72. The van der Waals surface area contributed by atoms with E-state index in [1.165, 1.54) is 18.2 Å². The summed E-state index contributed by atoms with van der Waals surface area (Å²) >= 11 is 5.83. The fourth-order valence-corrected chi connectivity index (χ4v) is 1.97. The van der Waals surface area contributed by atoms with Crippen LogP contribution >= 0.6 is 11.6 Å². The molecule has 9 heteroatoms. The van der Waals surface area contributed by atoms with Crippen molar-refractivity contribution in [2.45, 2.75) is 32.5 Å². The molecule has 0 atom stereocenters. The Kier molecular flexibility index (Phi) is 4.80. The molecule has 1 heterocycles. The van der Waals surface area contributed by atoms with Gasteiger partial charge in [0.05, 0.1) is 5.69 Å². The summed E-state index contributed by atoms with van der Waals surface area (Å²) in [6.07, 6.45) is -4.63. The van der Waals surface area contributed by atoms with Gasteiger partial charge in [-0.15, -0.1) is 0 Å². The molecule has 0 radical (unpaired) electrons. The van der Waals surface area contributed by atoms with E-state index in [4.69, 9.17) is 11.6 Å². The van der Waals surface area contributed by atoms with Gasteiger partial charge in [-0.1, -0.05) is 11.6 Å². The summed E-state index contributed by atoms with van der Waals surface area (Å²) in [6, 6.07) is 4.91. The molecule has 0 unspecified atom stereocenters. The number of phenols is 1. The first-order chi connectivity index (χ1) is 10.9. The standard InChI is InChI=1S/C15H16ClF3N4O/c1-14(2,3)23-13-21-11(15(17,18)19)7-12(22-13)20-9-6-8(16)4-5-10(9)24/h4-7,24H,1-3H3,(H2,20,21,22,23). The average Bonchev–Trinajstić information content (AvgIpc) is 2.40. The highest BCUT2D eigenvalue weighted by atomic mass is 35.5. The van der Waals surface area contributed by atoms with E-state index in [2.05, 4.69) is 20.6 Å². The molecule has 0 saturated carbocycles. The number of benzene rings is 1. The van der Waals surface area contributed by atoms with Crippen molar-refractivity contribution in [3.8, 4) is 5.75 Å². The van der Waals surface area contributed by atoms with Crippen LogP contribution in [0.3, 0.4) is 0 Å². The fourth-order valence-electron chi connectivity index (χ4n) is 1.79. The lowest BCUT2D eigenvalue weighted by Crippen LogP contribution is -2.28. The molecular formula is C15H16ClF3N4O. The summed E-state index contributed by atoms with van der Waals surface area (Å²) in [5.74, 6) is -0.472. The summed E-state index contributed by atoms with van der Waals surface area (Å²) < 4.78 is 39.1. The molecule has 0 aliphatic carbocycles. The lowest BCUT2D eigenvalue weighted by molar-refractivity contribution is -0.141. The van der Waals surface area contributed by atoms with Crippen LogP contribution in [0, 0.1) is 0 Å². The number of nitrogens with zero attached hydrogens (tertiary/aromatic N) is 2. The molecule has 3 N–H and O–H groups in total. The number of nitrogens with one attached hydrogen (secondary N) is 2. The maximum Gasteiger partial charge on any atom is 0.433 e. The Balaban J connectivity index is 2.44. The van der Waals surface area contributed by atoms with E-state index < -0.39 is 17.4 Å². The number of aromatic hydroxyl groups is 1. The molecule has 0 amide bonds. The van der Waals surface area contributed by atoms with E-state index >= 15 is 0 Å². The molecular weight excluding hydrogens is 345 g/mol. The highest BCUT2D eigenvalue weighted by Crippen LogP contribution is 2.33. The molecule has 0 aliphatic heterocycles. The minimum atomic E-state index is -4.63. The van der Waals surface area contributed by atoms with Crippen molar-refractivity contribution in [3.63, 3.8) is 0 Å². The van der Waals surface area contributed by atoms with Gasteiger partial charge < -0.3 is 15.7 Å². The number of hydrogen-bond acceptors (Lipinski definition) is 5. The highest BCUT2D eigenvalue weighted by Gasteiger charge is 2.34. The van der Waals surface area contributed by atoms with Gasteiger partial charge in [-0.3, -0.25) is 0 Å². The lowest BCUT2D eigenvalue weighted by Gasteiger charge is -2.21. The largest absolute Gasteiger partial charge is 0.506 e. The van der Waals surface area contributed by atoms with Gasteiger partial charge in [-0.05, 0) is 39.0 Å². The third-order valence-corrected chi connectivity index (χ3v) is 2.96. The van der Waals surface area contributed by atoms with E-state index in [0.29, 0.717) is 5.02 Å². The Morgan fingerprint density at radius 1 is 1.08 bits per heavy atom. The summed E-state index contributed by atoms with van der Waals surface area (Å²) in [6.45, 7) is 5.31. The van der Waals surface area contributed by atoms with Crippen LogP contribution in [-0.2, 0) is 6.18 Å². The second-order valence-corrected chi connectivity index (χ2v) is 6.56. The maximum atomic E-state index is 13.0. The van der Waals surface area contributed by atoms with E-state index in [0.717, 1.165) is 6.07 Å². The molecule has 24 heavy (non-hydrogen) atoms. The zero-order valence-electron chi connectivity index (χ0n) is 13.2. The first kappa shape index (κ1) is 18.1. The molecule has 0 saturated heterocycles. The van der Waals surface area contributed by atoms with Gasteiger partial charge in [0.1, 0.15) is 11.6 Å². The van der Waals surface area contributed by atoms with Crippen molar-refractivity contribution in [2.75, 3.05) is 10.6 Å². The molecule has 2 aromatic rings. The zero-order chi connectivity index (χ0) is 18.1. The van der Waals surface area contributed by atoms with Crippen molar-refractivity contribution in [1.29, 1.82) is 0 Å². The van der Waals surface area contributed by atoms with Crippen LogP contribution in [0.2, 0.25) is 5.02 Å². The van der Waals surface area contributed by atoms with Crippen LogP contribution in [0.1, 0.15) is 26.5 Å². The Labute approximate surface area is 141 Å². The number of anilines is 3. The van der Waals surface area contributed by atoms with Crippen LogP contribution in [-0.4, -0.2) is 20.6 Å². The number of phenolic OH excluding ortho intramolecular Hbond substituents is 1. The molecule has 0 bridgehead atoms. The predicted octanol–water partition coefficient (Wildman–Crippen LogP) is 4.81. The Bertz CT molecular complexity index is 744. The monoisotopic (exact) mass is 360 g/mol. The minimum Gasteiger partial charge on any atom is -0.506 e. The predicted molar refractivity (Wildman–Crippen MR) is 86.8 cm³/mol. The van der Waals surface area contributed by atoms with Gasteiger partial charge in [0.25, 0.3) is 0 Å². The number of rotatable bonds is 3. The lowest BCUT2D eigenvalue weighted by atomic mass is 10.1. The van der Waals surface area contributed by atoms with Crippen molar-refractivity contribution in [2.24, 2.45) is 0 Å². The molecule has 0 fully saturated rings. The van der Waals surface area contributed by atoms with Crippen LogP contribution in [0.4, 0.5) is 30.6 Å². The van der Waals surface area contributed by atoms with Crippen LogP contribution in [0.15, 0.2) is 24.3 Å². The molecule has 0 aliphatic rings. The molecule has 1 aromatic heterocycles. The highest BCUT2D eigenvalue weighted by molar-refractivity contribution is 6.30. The van der Waals surface area contributed by atoms with E-state index in [-0.39, 0.29) is 23.2 Å². The van der Waals surface area contributed by atoms with Crippen LogP contribution in [0.5, 0.6) is 5.75 Å². The van der Waals surface area contributed by atoms with Gasteiger partial charge in [0.15, 0.2) is 5.69 Å². The van der Waals surface area contributed by atoms with Crippen LogP contribution in [0.25, 0.3) is 0 Å². The van der Waals surface area contributed by atoms with Crippen molar-refractivity contribution in [1.82, 2.24) is 9.97 Å². The van der Waals surface area contributed by atoms with Gasteiger partial charge >= 0.3 is 6.18 Å². The Morgan fingerprint density at radius 3 is 2.33 bits per heavy atom. The topological polar surface area (TPSA) is 70.1 Å². The minimum absolute atomic E-state index is 0.123. The smallest absolute Gasteiger partial charge is 0.433 e. The fraction of sp³-hybridized carbons (Fsp3) is 0.333. The summed E-state index contributed by atoms with van der Waals surface area (Å²) in [4.78, 5) is 7.51. The van der Waals surface area contributed by atoms with Crippen LogP contribution < -0.4 is 10.6 Å². The molecule has 5 nitrogen and oxygen atoms in total. The van der Waals surface area contributed by atoms with Gasteiger partial charge in [-0.2, -0.15) is 18.2 Å². The molecule has 2 rings (SSSR count).